The molecule has 2 heterocycles. The maximum atomic E-state index is 13.0. The number of piperidine rings is 1. The van der Waals surface area contributed by atoms with Gasteiger partial charge in [-0.1, -0.05) is 35.9 Å². The third-order valence-corrected chi connectivity index (χ3v) is 5.85. The van der Waals surface area contributed by atoms with Crippen molar-refractivity contribution < 1.29 is 19.1 Å². The van der Waals surface area contributed by atoms with Crippen LogP contribution < -0.4 is 20.1 Å². The SMILES string of the molecule is CCNC(=O)N1CC(C(=O)NCc2ccc3c(c2)OCO3)CC(c2cccc(C)c2)C1. The highest BCUT2D eigenvalue weighted by atomic mass is 16.7. The molecule has 164 valence electrons. The molecule has 0 saturated carbocycles. The molecule has 0 radical (unpaired) electrons. The lowest BCUT2D eigenvalue weighted by atomic mass is 9.83. The van der Waals surface area contributed by atoms with Crippen molar-refractivity contribution in [3.8, 4) is 11.5 Å². The topological polar surface area (TPSA) is 79.9 Å². The van der Waals surface area contributed by atoms with Gasteiger partial charge in [0, 0.05) is 32.1 Å². The Bertz CT molecular complexity index is 962. The summed E-state index contributed by atoms with van der Waals surface area (Å²) in [7, 11) is 0. The van der Waals surface area contributed by atoms with Crippen molar-refractivity contribution in [1.29, 1.82) is 0 Å². The molecule has 0 aromatic heterocycles. The second kappa shape index (κ2) is 9.29. The maximum absolute atomic E-state index is 13.0. The Kier molecular flexibility index (Phi) is 6.30. The minimum atomic E-state index is -0.268. The Morgan fingerprint density at radius 3 is 2.71 bits per heavy atom. The van der Waals surface area contributed by atoms with E-state index >= 15 is 0 Å². The first-order valence-electron chi connectivity index (χ1n) is 10.8. The molecule has 2 aliphatic heterocycles. The molecule has 1 fully saturated rings. The Morgan fingerprint density at radius 2 is 1.90 bits per heavy atom. The van der Waals surface area contributed by atoms with E-state index in [1.165, 1.54) is 11.1 Å². The minimum Gasteiger partial charge on any atom is -0.454 e. The number of aryl methyl sites for hydroxylation is 1. The van der Waals surface area contributed by atoms with Crippen molar-refractivity contribution in [1.82, 2.24) is 15.5 Å². The lowest BCUT2D eigenvalue weighted by Crippen LogP contribution is -2.51. The maximum Gasteiger partial charge on any atom is 0.317 e. The fraction of sp³-hybridized carbons (Fsp3) is 0.417. The summed E-state index contributed by atoms with van der Waals surface area (Å²) in [4.78, 5) is 27.4. The van der Waals surface area contributed by atoms with Gasteiger partial charge in [0.15, 0.2) is 11.5 Å². The van der Waals surface area contributed by atoms with Gasteiger partial charge in [-0.3, -0.25) is 4.79 Å². The van der Waals surface area contributed by atoms with Gasteiger partial charge in [0.1, 0.15) is 0 Å². The molecular formula is C24H29N3O4. The van der Waals surface area contributed by atoms with Gasteiger partial charge >= 0.3 is 6.03 Å². The van der Waals surface area contributed by atoms with Crippen LogP contribution in [-0.2, 0) is 11.3 Å². The summed E-state index contributed by atoms with van der Waals surface area (Å²) in [6, 6.07) is 13.9. The minimum absolute atomic E-state index is 0.0377. The highest BCUT2D eigenvalue weighted by Crippen LogP contribution is 2.33. The van der Waals surface area contributed by atoms with Gasteiger partial charge in [0.05, 0.1) is 5.92 Å². The number of hydrogen-bond donors (Lipinski definition) is 2. The van der Waals surface area contributed by atoms with Gasteiger partial charge in [0.25, 0.3) is 0 Å². The number of amides is 3. The first kappa shape index (κ1) is 21.0. The zero-order chi connectivity index (χ0) is 21.8. The van der Waals surface area contributed by atoms with Crippen LogP contribution in [0.15, 0.2) is 42.5 Å². The van der Waals surface area contributed by atoms with Crippen LogP contribution >= 0.6 is 0 Å². The molecule has 2 aromatic carbocycles. The summed E-state index contributed by atoms with van der Waals surface area (Å²) in [5, 5.41) is 5.91. The molecule has 2 unspecified atom stereocenters. The largest absolute Gasteiger partial charge is 0.454 e. The predicted molar refractivity (Wildman–Crippen MR) is 117 cm³/mol. The number of rotatable bonds is 5. The van der Waals surface area contributed by atoms with E-state index in [2.05, 4.69) is 35.8 Å². The van der Waals surface area contributed by atoms with E-state index in [4.69, 9.17) is 9.47 Å². The molecule has 0 spiro atoms. The number of benzene rings is 2. The molecule has 2 aliphatic rings. The number of likely N-dealkylation sites (tertiary alicyclic amines) is 1. The number of nitrogens with one attached hydrogen (secondary N) is 2. The molecule has 1 saturated heterocycles. The smallest absolute Gasteiger partial charge is 0.317 e. The van der Waals surface area contributed by atoms with Gasteiger partial charge < -0.3 is 25.0 Å². The van der Waals surface area contributed by atoms with E-state index in [1.54, 1.807) is 4.90 Å². The predicted octanol–water partition coefficient (Wildman–Crippen LogP) is 3.18. The normalized spacial score (nSPS) is 19.7. The average Bonchev–Trinajstić information content (AvgIpc) is 3.25. The molecule has 2 aromatic rings. The van der Waals surface area contributed by atoms with Crippen molar-refractivity contribution >= 4 is 11.9 Å². The summed E-state index contributed by atoms with van der Waals surface area (Å²) in [5.41, 5.74) is 3.29. The molecule has 7 heteroatoms. The molecule has 7 nitrogen and oxygen atoms in total. The van der Waals surface area contributed by atoms with E-state index in [1.807, 2.05) is 31.2 Å². The molecule has 2 N–H and O–H groups in total. The Labute approximate surface area is 182 Å². The second-order valence-electron chi connectivity index (χ2n) is 8.19. The number of ether oxygens (including phenoxy) is 2. The molecular weight excluding hydrogens is 394 g/mol. The zero-order valence-electron chi connectivity index (χ0n) is 18.0. The highest BCUT2D eigenvalue weighted by molar-refractivity contribution is 5.81. The van der Waals surface area contributed by atoms with Gasteiger partial charge in [-0.2, -0.15) is 0 Å². The number of carbonyl (C=O) groups is 2. The highest BCUT2D eigenvalue weighted by Gasteiger charge is 2.34. The third-order valence-electron chi connectivity index (χ3n) is 5.85. The van der Waals surface area contributed by atoms with Crippen LogP contribution in [0, 0.1) is 12.8 Å². The molecule has 4 rings (SSSR count). The lowest BCUT2D eigenvalue weighted by molar-refractivity contribution is -0.126. The molecule has 2 atom stereocenters. The summed E-state index contributed by atoms with van der Waals surface area (Å²) in [6.07, 6.45) is 0.715. The first-order valence-corrected chi connectivity index (χ1v) is 10.8. The quantitative estimate of drug-likeness (QED) is 0.774. The number of hydrogen-bond acceptors (Lipinski definition) is 4. The molecule has 0 aliphatic carbocycles. The Morgan fingerprint density at radius 1 is 1.06 bits per heavy atom. The number of nitrogens with zero attached hydrogens (tertiary/aromatic N) is 1. The van der Waals surface area contributed by atoms with E-state index in [9.17, 15) is 9.59 Å². The summed E-state index contributed by atoms with van der Waals surface area (Å²) in [5.74, 6) is 1.24. The number of urea groups is 1. The third kappa shape index (κ3) is 4.93. The lowest BCUT2D eigenvalue weighted by Gasteiger charge is -2.37. The standard InChI is InChI=1S/C24H29N3O4/c1-3-25-24(29)27-13-19(18-6-4-5-16(2)9-18)11-20(14-27)23(28)26-12-17-7-8-21-22(10-17)31-15-30-21/h4-10,19-20H,3,11-15H2,1-2H3,(H,25,29)(H,26,28). The number of carbonyl (C=O) groups excluding carboxylic acids is 2. The molecule has 3 amide bonds. The average molecular weight is 424 g/mol. The van der Waals surface area contributed by atoms with Gasteiger partial charge in [0.2, 0.25) is 12.7 Å². The van der Waals surface area contributed by atoms with Crippen LogP contribution in [0.2, 0.25) is 0 Å². The van der Waals surface area contributed by atoms with Crippen LogP contribution in [0.4, 0.5) is 4.79 Å². The van der Waals surface area contributed by atoms with Crippen LogP contribution in [0.5, 0.6) is 11.5 Å². The van der Waals surface area contributed by atoms with E-state index in [0.717, 1.165) is 11.3 Å². The molecule has 31 heavy (non-hydrogen) atoms. The van der Waals surface area contributed by atoms with Gasteiger partial charge in [-0.25, -0.2) is 4.79 Å². The fourth-order valence-electron chi connectivity index (χ4n) is 4.27. The van der Waals surface area contributed by atoms with E-state index < -0.39 is 0 Å². The van der Waals surface area contributed by atoms with Gasteiger partial charge in [-0.15, -0.1) is 0 Å². The summed E-state index contributed by atoms with van der Waals surface area (Å²) in [6.45, 7) is 6.18. The Balaban J connectivity index is 1.45. The monoisotopic (exact) mass is 423 g/mol. The second-order valence-corrected chi connectivity index (χ2v) is 8.19. The zero-order valence-corrected chi connectivity index (χ0v) is 18.0. The van der Waals surface area contributed by atoms with Crippen LogP contribution in [0.3, 0.4) is 0 Å². The van der Waals surface area contributed by atoms with Crippen LogP contribution in [0.1, 0.15) is 36.0 Å². The fourth-order valence-corrected chi connectivity index (χ4v) is 4.27. The van der Waals surface area contributed by atoms with Crippen molar-refractivity contribution in [3.63, 3.8) is 0 Å². The van der Waals surface area contributed by atoms with Crippen molar-refractivity contribution in [2.24, 2.45) is 5.92 Å². The van der Waals surface area contributed by atoms with Crippen molar-refractivity contribution in [3.05, 3.63) is 59.2 Å². The van der Waals surface area contributed by atoms with Crippen molar-refractivity contribution in [2.75, 3.05) is 26.4 Å². The Hall–Kier alpha value is -3.22. The van der Waals surface area contributed by atoms with E-state index in [0.29, 0.717) is 38.3 Å². The van der Waals surface area contributed by atoms with Crippen molar-refractivity contribution in [2.45, 2.75) is 32.7 Å². The van der Waals surface area contributed by atoms with Crippen LogP contribution in [-0.4, -0.2) is 43.3 Å². The van der Waals surface area contributed by atoms with Crippen LogP contribution in [0.25, 0.3) is 0 Å². The summed E-state index contributed by atoms with van der Waals surface area (Å²) < 4.78 is 10.7. The first-order chi connectivity index (χ1) is 15.0. The van der Waals surface area contributed by atoms with Gasteiger partial charge in [-0.05, 0) is 43.5 Å². The summed E-state index contributed by atoms with van der Waals surface area (Å²) >= 11 is 0. The van der Waals surface area contributed by atoms with E-state index in [-0.39, 0.29) is 30.6 Å². The molecule has 0 bridgehead atoms. The number of fused-ring (bicyclic) bond motifs is 1.